The molecule has 2 aromatic rings. The van der Waals surface area contributed by atoms with Gasteiger partial charge in [-0.05, 0) is 299 Å². The number of hydrogen-bond acceptors (Lipinski definition) is 28. The molecule has 0 amide bonds. The van der Waals surface area contributed by atoms with Gasteiger partial charge in [-0.1, -0.05) is 39.2 Å². The Balaban J connectivity index is 0.958. The molecule has 0 bridgehead atoms. The second kappa shape index (κ2) is 75.4. The summed E-state index contributed by atoms with van der Waals surface area (Å²) in [4.78, 5) is 158. The molecule has 1 saturated carbocycles. The Labute approximate surface area is 736 Å². The van der Waals surface area contributed by atoms with Crippen molar-refractivity contribution in [2.75, 3.05) is 85.9 Å². The molecule has 0 aromatic heterocycles. The normalized spacial score (nSPS) is 12.8. The van der Waals surface area contributed by atoms with E-state index in [-0.39, 0.29) is 169 Å². The molecule has 0 saturated heterocycles. The van der Waals surface area contributed by atoms with Crippen molar-refractivity contribution < 1.29 is 133 Å². The average Bonchev–Trinajstić information content (AvgIpc) is 0.854. The molecule has 3 rings (SSSR count). The van der Waals surface area contributed by atoms with E-state index in [0.29, 0.717) is 261 Å². The molecule has 0 atom stereocenters. The smallest absolute Gasteiger partial charge is 0.343 e. The molecule has 0 aliphatic heterocycles. The fourth-order valence-electron chi connectivity index (χ4n) is 13.0. The van der Waals surface area contributed by atoms with E-state index >= 15 is 0 Å². The minimum atomic E-state index is -0.490. The summed E-state index contributed by atoms with van der Waals surface area (Å²) in [7, 11) is 0. The van der Waals surface area contributed by atoms with Gasteiger partial charge in [0.05, 0.1) is 96.9 Å². The van der Waals surface area contributed by atoms with Crippen LogP contribution in [0, 0.1) is 5.92 Å². The van der Waals surface area contributed by atoms with Gasteiger partial charge in [-0.25, -0.2) is 9.59 Å². The van der Waals surface area contributed by atoms with E-state index < -0.39 is 11.9 Å². The number of unbranched alkanes of at least 4 members (excludes halogenated alkanes) is 26. The van der Waals surface area contributed by atoms with Crippen molar-refractivity contribution in [3.05, 3.63) is 66.2 Å². The van der Waals surface area contributed by atoms with Crippen molar-refractivity contribution in [1.29, 1.82) is 0 Å². The van der Waals surface area contributed by atoms with Gasteiger partial charge in [0, 0.05) is 76.4 Å². The Kier molecular flexibility index (Phi) is 66.4. The molecule has 1 aliphatic rings. The number of rotatable bonds is 79. The van der Waals surface area contributed by atoms with Crippen molar-refractivity contribution in [2.45, 2.75) is 354 Å². The zero-order valence-electron chi connectivity index (χ0n) is 74.9. The minimum Gasteiger partial charge on any atom is -0.494 e. The summed E-state index contributed by atoms with van der Waals surface area (Å²) in [6.07, 6.45) is 33.9. The molecule has 0 unspecified atom stereocenters. The number of ether oxygens (including phenoxy) is 15. The zero-order valence-corrected chi connectivity index (χ0v) is 74.9. The van der Waals surface area contributed by atoms with Gasteiger partial charge in [0.15, 0.2) is 0 Å². The van der Waals surface area contributed by atoms with Crippen molar-refractivity contribution in [3.63, 3.8) is 0 Å². The van der Waals surface area contributed by atoms with Crippen LogP contribution in [0.25, 0.3) is 0 Å². The van der Waals surface area contributed by atoms with Crippen LogP contribution >= 0.6 is 0 Å². The Morgan fingerprint density at radius 2 is 0.500 bits per heavy atom. The summed E-state index contributed by atoms with van der Waals surface area (Å²) < 4.78 is 81.3. The first-order valence-corrected chi connectivity index (χ1v) is 46.6. The minimum absolute atomic E-state index is 0.109. The van der Waals surface area contributed by atoms with E-state index in [1.165, 1.54) is 12.8 Å². The summed E-state index contributed by atoms with van der Waals surface area (Å²) in [6.45, 7) is 11.8. The molecule has 0 spiro atoms. The molecule has 0 radical (unpaired) electrons. The van der Waals surface area contributed by atoms with Crippen LogP contribution in [0.1, 0.15) is 358 Å². The molecule has 28 nitrogen and oxygen atoms in total. The number of carbonyl (C=O) groups excluding carboxylic acids is 13. The predicted molar refractivity (Wildman–Crippen MR) is 463 cm³/mol. The third-order valence-electron chi connectivity index (χ3n) is 20.5. The van der Waals surface area contributed by atoms with E-state index in [0.717, 1.165) is 83.5 Å². The Hall–Kier alpha value is -8.95. The first-order valence-electron chi connectivity index (χ1n) is 46.6. The monoisotopic (exact) mass is 1750 g/mol. The fraction of sp³-hybridized carbons (Fsp3) is 0.719. The highest BCUT2D eigenvalue weighted by Crippen LogP contribution is 2.30. The highest BCUT2D eigenvalue weighted by Gasteiger charge is 2.29. The van der Waals surface area contributed by atoms with Crippen LogP contribution in [0.15, 0.2) is 60.7 Å². The summed E-state index contributed by atoms with van der Waals surface area (Å²) in [5.41, 5.74) is 0.764. The second-order valence-corrected chi connectivity index (χ2v) is 31.7. The van der Waals surface area contributed by atoms with Gasteiger partial charge in [-0.15, -0.1) is 0 Å². The van der Waals surface area contributed by atoms with Gasteiger partial charge >= 0.3 is 77.6 Å². The molecule has 2 aromatic carbocycles. The average molecular weight is 1750 g/mol. The molecule has 1 aliphatic carbocycles. The lowest BCUT2D eigenvalue weighted by molar-refractivity contribution is -0.146. The first kappa shape index (κ1) is 109. The summed E-state index contributed by atoms with van der Waals surface area (Å²) in [6, 6.07) is 13.3. The third kappa shape index (κ3) is 63.9. The second-order valence-electron chi connectivity index (χ2n) is 31.7. The summed E-state index contributed by atoms with van der Waals surface area (Å²) >= 11 is 0. The van der Waals surface area contributed by atoms with Gasteiger partial charge in [0.1, 0.15) is 17.2 Å². The van der Waals surface area contributed by atoms with E-state index in [1.807, 2.05) is 0 Å². The fourth-order valence-corrected chi connectivity index (χ4v) is 13.0. The van der Waals surface area contributed by atoms with E-state index in [1.54, 1.807) is 55.5 Å². The SMILES string of the molecule is C=C(C)C(=O)OCCCCCC(=O)OCCCCCC(=O)OCCCCCC(=O)OCCCCCC(=O)OCCCCCC(=O)OCCCCCC(=O)OCCCCCC(=O)OCCCCCC(=O)OCCCCCC(=O)OCCCCCC(=O)OCCCCCCOC1CCC(C(=O)Oc2ccc(OC(=O)c3ccc(OCCCCCC)cc3)cc2)CC1. The molecule has 124 heavy (non-hydrogen) atoms. The van der Waals surface area contributed by atoms with Crippen LogP contribution in [0.4, 0.5) is 0 Å². The molecular weight excluding hydrogens is 1600 g/mol. The molecule has 0 N–H and O–H groups in total. The summed E-state index contributed by atoms with van der Waals surface area (Å²) in [5, 5.41) is 0. The van der Waals surface area contributed by atoms with Crippen molar-refractivity contribution in [3.8, 4) is 17.2 Å². The maximum Gasteiger partial charge on any atom is 0.343 e. The van der Waals surface area contributed by atoms with Crippen LogP contribution in [0.3, 0.4) is 0 Å². The highest BCUT2D eigenvalue weighted by atomic mass is 16.6. The van der Waals surface area contributed by atoms with Crippen LogP contribution < -0.4 is 14.2 Å². The van der Waals surface area contributed by atoms with Crippen molar-refractivity contribution in [2.24, 2.45) is 5.92 Å². The molecule has 0 heterocycles. The molecular formula is C96H148O28. The number of esters is 13. The number of benzene rings is 2. The van der Waals surface area contributed by atoms with Gasteiger partial charge in [-0.2, -0.15) is 0 Å². The lowest BCUT2D eigenvalue weighted by Gasteiger charge is -2.27. The molecule has 1 fully saturated rings. The maximum atomic E-state index is 13.0. The van der Waals surface area contributed by atoms with Crippen LogP contribution in [-0.4, -0.2) is 170 Å². The van der Waals surface area contributed by atoms with E-state index in [2.05, 4.69) is 13.5 Å². The Morgan fingerprint density at radius 1 is 0.266 bits per heavy atom. The van der Waals surface area contributed by atoms with Crippen LogP contribution in [0.5, 0.6) is 17.2 Å². The predicted octanol–water partition coefficient (Wildman–Crippen LogP) is 19.1. The van der Waals surface area contributed by atoms with Crippen LogP contribution in [-0.2, 0) is 114 Å². The highest BCUT2D eigenvalue weighted by molar-refractivity contribution is 5.91. The standard InChI is InChI=1S/C96H148O28/c1-4-5-6-29-64-110-80-56-52-78(53-57-80)95(108)123-82-60-62-83(63-61-82)124-96(109)79-54-58-81(59-55-79)111-65-30-7-8-31-66-112-84(97)42-19-9-32-67-113-85(98)43-20-10-33-68-114-86(99)44-21-11-34-69-115-87(100)45-22-12-35-70-116-88(101)46-23-13-36-71-117-89(102)47-24-14-37-72-118-90(103)48-25-15-38-73-119-91(104)49-26-16-39-74-120-92(105)50-27-17-40-75-121-93(106)51-28-18-41-76-122-94(107)77(2)3/h52-53,56-57,60-63,79,81H,2,4-51,54-55,58-59,64-76H2,1,3H3. The van der Waals surface area contributed by atoms with E-state index in [9.17, 15) is 62.3 Å². The van der Waals surface area contributed by atoms with Crippen molar-refractivity contribution >= 4 is 77.6 Å². The van der Waals surface area contributed by atoms with Gasteiger partial charge in [-0.3, -0.25) is 52.7 Å². The van der Waals surface area contributed by atoms with Gasteiger partial charge < -0.3 is 71.1 Å². The third-order valence-corrected chi connectivity index (χ3v) is 20.5. The van der Waals surface area contributed by atoms with Crippen LogP contribution in [0.2, 0.25) is 0 Å². The summed E-state index contributed by atoms with van der Waals surface area (Å²) in [5.74, 6) is -2.69. The quantitative estimate of drug-likeness (QED) is 0.0195. The topological polar surface area (TPSA) is 360 Å². The van der Waals surface area contributed by atoms with Crippen molar-refractivity contribution in [1.82, 2.24) is 0 Å². The van der Waals surface area contributed by atoms with Gasteiger partial charge in [0.2, 0.25) is 0 Å². The largest absolute Gasteiger partial charge is 0.494 e. The number of carbonyl (C=O) groups is 13. The zero-order chi connectivity index (χ0) is 89.8. The molecule has 28 heteroatoms. The first-order chi connectivity index (χ1) is 60.3. The van der Waals surface area contributed by atoms with E-state index in [4.69, 9.17) is 71.1 Å². The maximum absolute atomic E-state index is 13.0. The van der Waals surface area contributed by atoms with Gasteiger partial charge in [0.25, 0.3) is 0 Å². The molecule has 700 valence electrons. The number of hydrogen-bond donors (Lipinski definition) is 0. The Morgan fingerprint density at radius 3 is 0.774 bits per heavy atom. The lowest BCUT2D eigenvalue weighted by atomic mass is 9.87. The Bertz CT molecular complexity index is 3270. The lowest BCUT2D eigenvalue weighted by Crippen LogP contribution is -2.29.